The normalized spacial score (nSPS) is 16.6. The molecule has 86 valence electrons. The quantitative estimate of drug-likeness (QED) is 0.772. The predicted molar refractivity (Wildman–Crippen MR) is 66.7 cm³/mol. The van der Waals surface area contributed by atoms with Crippen LogP contribution in [-0.4, -0.2) is 5.78 Å². The van der Waals surface area contributed by atoms with Crippen LogP contribution in [0.5, 0.6) is 0 Å². The Kier molecular flexibility index (Phi) is 4.00. The molecule has 0 unspecified atom stereocenters. The first kappa shape index (κ1) is 11.7. The Hall–Kier alpha value is -0.820. The van der Waals surface area contributed by atoms with Gasteiger partial charge in [-0.1, -0.05) is 42.6 Å². The zero-order valence-corrected chi connectivity index (χ0v) is 10.2. The van der Waals surface area contributed by atoms with Crippen molar-refractivity contribution in [3.8, 4) is 0 Å². The summed E-state index contributed by atoms with van der Waals surface area (Å²) in [5.41, 5.74) is 1.09. The van der Waals surface area contributed by atoms with Gasteiger partial charge in [0.05, 0.1) is 0 Å². The predicted octanol–water partition coefficient (Wildman–Crippen LogP) is 4.03. The Balaban J connectivity index is 1.87. The van der Waals surface area contributed by atoms with Gasteiger partial charge < -0.3 is 0 Å². The number of halogens is 1. The Morgan fingerprint density at radius 1 is 1.25 bits per heavy atom. The van der Waals surface area contributed by atoms with Crippen molar-refractivity contribution in [3.63, 3.8) is 0 Å². The molecular weight excluding hydrogens is 220 g/mol. The molecule has 1 aliphatic rings. The maximum atomic E-state index is 11.9. The summed E-state index contributed by atoms with van der Waals surface area (Å²) >= 11 is 6.06. The van der Waals surface area contributed by atoms with Crippen LogP contribution in [0.3, 0.4) is 0 Å². The van der Waals surface area contributed by atoms with Crippen LogP contribution in [0.2, 0.25) is 5.02 Å². The van der Waals surface area contributed by atoms with Gasteiger partial charge in [0.25, 0.3) is 0 Å². The molecule has 16 heavy (non-hydrogen) atoms. The van der Waals surface area contributed by atoms with Crippen LogP contribution in [0, 0.1) is 5.92 Å². The van der Waals surface area contributed by atoms with Crippen LogP contribution < -0.4 is 0 Å². The average Bonchev–Trinajstić information content (AvgIpc) is 2.81. The van der Waals surface area contributed by atoms with Crippen molar-refractivity contribution < 1.29 is 4.79 Å². The second-order valence-corrected chi connectivity index (χ2v) is 4.95. The second-order valence-electron chi connectivity index (χ2n) is 4.54. The van der Waals surface area contributed by atoms with E-state index in [-0.39, 0.29) is 0 Å². The third-order valence-corrected chi connectivity index (χ3v) is 3.78. The summed E-state index contributed by atoms with van der Waals surface area (Å²) in [4.78, 5) is 11.9. The highest BCUT2D eigenvalue weighted by Gasteiger charge is 2.22. The van der Waals surface area contributed by atoms with Gasteiger partial charge in [-0.2, -0.15) is 0 Å². The van der Waals surface area contributed by atoms with E-state index in [1.807, 2.05) is 24.3 Å². The monoisotopic (exact) mass is 236 g/mol. The van der Waals surface area contributed by atoms with E-state index in [0.717, 1.165) is 29.8 Å². The number of hydrogen-bond donors (Lipinski definition) is 0. The highest BCUT2D eigenvalue weighted by atomic mass is 35.5. The second kappa shape index (κ2) is 5.49. The highest BCUT2D eigenvalue weighted by molar-refractivity contribution is 6.31. The summed E-state index contributed by atoms with van der Waals surface area (Å²) in [6.07, 6.45) is 6.08. The lowest BCUT2D eigenvalue weighted by Gasteiger charge is -2.08. The fourth-order valence-electron chi connectivity index (χ4n) is 2.41. The molecule has 1 nitrogen and oxygen atoms in total. The number of benzene rings is 1. The fourth-order valence-corrected chi connectivity index (χ4v) is 2.64. The van der Waals surface area contributed by atoms with E-state index in [1.165, 1.54) is 12.8 Å². The standard InChI is InChI=1S/C14H17ClO/c15-13-8-4-3-5-11(13)9-10-14(16)12-6-1-2-7-12/h3-5,8,12H,1-2,6-7,9-10H2. The third-order valence-electron chi connectivity index (χ3n) is 3.41. The van der Waals surface area contributed by atoms with Crippen LogP contribution in [0.15, 0.2) is 24.3 Å². The van der Waals surface area contributed by atoms with E-state index < -0.39 is 0 Å². The zero-order valence-electron chi connectivity index (χ0n) is 9.42. The van der Waals surface area contributed by atoms with Crippen molar-refractivity contribution in [3.05, 3.63) is 34.9 Å². The summed E-state index contributed by atoms with van der Waals surface area (Å²) in [6, 6.07) is 7.78. The number of aryl methyl sites for hydroxylation is 1. The van der Waals surface area contributed by atoms with E-state index in [1.54, 1.807) is 0 Å². The Labute approximate surface area is 102 Å². The van der Waals surface area contributed by atoms with Crippen molar-refractivity contribution in [2.75, 3.05) is 0 Å². The van der Waals surface area contributed by atoms with E-state index in [0.29, 0.717) is 18.1 Å². The molecule has 2 rings (SSSR count). The van der Waals surface area contributed by atoms with Crippen molar-refractivity contribution in [2.45, 2.75) is 38.5 Å². The molecule has 0 N–H and O–H groups in total. The number of Topliss-reactive ketones (excluding diaryl/α,β-unsaturated/α-hetero) is 1. The topological polar surface area (TPSA) is 17.1 Å². The summed E-state index contributed by atoms with van der Waals surface area (Å²) in [6.45, 7) is 0. The SMILES string of the molecule is O=C(CCc1ccccc1Cl)C1CCCC1. The molecule has 0 aliphatic heterocycles. The lowest BCUT2D eigenvalue weighted by atomic mass is 9.97. The van der Waals surface area contributed by atoms with Crippen LogP contribution in [0.4, 0.5) is 0 Å². The van der Waals surface area contributed by atoms with Gasteiger partial charge in [0.1, 0.15) is 5.78 Å². The molecule has 0 aromatic heterocycles. The van der Waals surface area contributed by atoms with Gasteiger partial charge in [0.2, 0.25) is 0 Å². The molecule has 1 aromatic rings. The average molecular weight is 237 g/mol. The van der Waals surface area contributed by atoms with Crippen molar-refractivity contribution in [2.24, 2.45) is 5.92 Å². The van der Waals surface area contributed by atoms with Gasteiger partial charge in [0, 0.05) is 17.4 Å². The summed E-state index contributed by atoms with van der Waals surface area (Å²) in [7, 11) is 0. The maximum Gasteiger partial charge on any atom is 0.136 e. The Bertz CT molecular complexity index is 367. The van der Waals surface area contributed by atoms with Gasteiger partial charge in [-0.15, -0.1) is 0 Å². The summed E-state index contributed by atoms with van der Waals surface area (Å²) in [5.74, 6) is 0.764. The molecule has 0 saturated heterocycles. The molecule has 0 bridgehead atoms. The third kappa shape index (κ3) is 2.85. The maximum absolute atomic E-state index is 11.9. The molecule has 1 fully saturated rings. The van der Waals surface area contributed by atoms with Crippen LogP contribution in [-0.2, 0) is 11.2 Å². The largest absolute Gasteiger partial charge is 0.299 e. The smallest absolute Gasteiger partial charge is 0.136 e. The minimum absolute atomic E-state index is 0.336. The van der Waals surface area contributed by atoms with Gasteiger partial charge >= 0.3 is 0 Å². The van der Waals surface area contributed by atoms with E-state index in [2.05, 4.69) is 0 Å². The minimum Gasteiger partial charge on any atom is -0.299 e. The first-order chi connectivity index (χ1) is 7.77. The molecule has 2 heteroatoms. The molecule has 0 radical (unpaired) electrons. The van der Waals surface area contributed by atoms with Crippen molar-refractivity contribution in [1.82, 2.24) is 0 Å². The molecule has 0 amide bonds. The van der Waals surface area contributed by atoms with E-state index in [4.69, 9.17) is 11.6 Å². The Morgan fingerprint density at radius 2 is 1.94 bits per heavy atom. The summed E-state index contributed by atoms with van der Waals surface area (Å²) in [5, 5.41) is 0.779. The van der Waals surface area contributed by atoms with Crippen LogP contribution in [0.25, 0.3) is 0 Å². The molecular formula is C14H17ClO. The van der Waals surface area contributed by atoms with Gasteiger partial charge in [-0.05, 0) is 30.9 Å². The number of rotatable bonds is 4. The fraction of sp³-hybridized carbons (Fsp3) is 0.500. The van der Waals surface area contributed by atoms with Crippen molar-refractivity contribution in [1.29, 1.82) is 0 Å². The van der Waals surface area contributed by atoms with Crippen LogP contribution in [0.1, 0.15) is 37.7 Å². The number of carbonyl (C=O) groups is 1. The minimum atomic E-state index is 0.336. The molecule has 1 aliphatic carbocycles. The van der Waals surface area contributed by atoms with Crippen LogP contribution >= 0.6 is 11.6 Å². The lowest BCUT2D eigenvalue weighted by molar-refractivity contribution is -0.122. The molecule has 0 heterocycles. The molecule has 1 aromatic carbocycles. The molecule has 0 spiro atoms. The van der Waals surface area contributed by atoms with Gasteiger partial charge in [-0.3, -0.25) is 4.79 Å². The van der Waals surface area contributed by atoms with Crippen molar-refractivity contribution >= 4 is 17.4 Å². The first-order valence-corrected chi connectivity index (χ1v) is 6.41. The number of hydrogen-bond acceptors (Lipinski definition) is 1. The Morgan fingerprint density at radius 3 is 2.62 bits per heavy atom. The highest BCUT2D eigenvalue weighted by Crippen LogP contribution is 2.27. The summed E-state index contributed by atoms with van der Waals surface area (Å²) < 4.78 is 0. The first-order valence-electron chi connectivity index (χ1n) is 6.03. The lowest BCUT2D eigenvalue weighted by Crippen LogP contribution is -2.11. The number of ketones is 1. The van der Waals surface area contributed by atoms with Gasteiger partial charge in [-0.25, -0.2) is 0 Å². The van der Waals surface area contributed by atoms with E-state index in [9.17, 15) is 4.79 Å². The number of carbonyl (C=O) groups excluding carboxylic acids is 1. The van der Waals surface area contributed by atoms with Gasteiger partial charge in [0.15, 0.2) is 0 Å². The molecule has 0 atom stereocenters. The van der Waals surface area contributed by atoms with E-state index >= 15 is 0 Å². The zero-order chi connectivity index (χ0) is 11.4. The molecule has 1 saturated carbocycles.